The average molecular weight is 294 g/mol. The molecular formula is C14H20ClN5. The molecule has 1 spiro atoms. The maximum atomic E-state index is 6.12. The van der Waals surface area contributed by atoms with Crippen molar-refractivity contribution in [3.05, 3.63) is 30.3 Å². The predicted octanol–water partition coefficient (Wildman–Crippen LogP) is 2.22. The van der Waals surface area contributed by atoms with Gasteiger partial charge < -0.3 is 11.5 Å². The molecule has 20 heavy (non-hydrogen) atoms. The standard InChI is InChI=1S/C14H19N5.ClH/c15-12-17-13(16)19(11-7-3-1-4-8-11)14(18-12)9-5-2-6-10-14;/h1,3-4,7-8H,2,5-6,9-10H2,(H4,15,16,17,18);1H. The zero-order chi connectivity index (χ0) is 13.3. The molecule has 1 heterocycles. The van der Waals surface area contributed by atoms with E-state index in [0.29, 0.717) is 11.9 Å². The van der Waals surface area contributed by atoms with Gasteiger partial charge in [0.1, 0.15) is 5.66 Å². The highest BCUT2D eigenvalue weighted by Crippen LogP contribution is 2.39. The molecule has 0 radical (unpaired) electrons. The van der Waals surface area contributed by atoms with Gasteiger partial charge in [0, 0.05) is 5.69 Å². The van der Waals surface area contributed by atoms with Crippen molar-refractivity contribution in [2.75, 3.05) is 4.90 Å². The molecule has 0 atom stereocenters. The largest absolute Gasteiger partial charge is 0.369 e. The lowest BCUT2D eigenvalue weighted by atomic mass is 9.87. The third-order valence-corrected chi connectivity index (χ3v) is 3.87. The molecule has 5 nitrogen and oxygen atoms in total. The molecule has 108 valence electrons. The molecule has 0 unspecified atom stereocenters. The number of aliphatic imine (C=N–C) groups is 2. The van der Waals surface area contributed by atoms with Gasteiger partial charge in [0.15, 0.2) is 0 Å². The molecule has 4 N–H and O–H groups in total. The Labute approximate surface area is 125 Å². The van der Waals surface area contributed by atoms with Gasteiger partial charge in [-0.1, -0.05) is 24.6 Å². The molecule has 1 aliphatic carbocycles. The number of nitrogens with zero attached hydrogens (tertiary/aromatic N) is 3. The van der Waals surface area contributed by atoms with E-state index in [1.165, 1.54) is 6.42 Å². The van der Waals surface area contributed by atoms with Crippen LogP contribution in [-0.2, 0) is 0 Å². The van der Waals surface area contributed by atoms with Gasteiger partial charge in [-0.3, -0.25) is 4.90 Å². The number of hydrogen-bond acceptors (Lipinski definition) is 5. The number of rotatable bonds is 1. The van der Waals surface area contributed by atoms with E-state index < -0.39 is 0 Å². The summed E-state index contributed by atoms with van der Waals surface area (Å²) in [6.07, 6.45) is 5.48. The molecule has 2 aliphatic rings. The van der Waals surface area contributed by atoms with Crippen molar-refractivity contribution in [1.29, 1.82) is 0 Å². The first-order chi connectivity index (χ1) is 9.21. The van der Waals surface area contributed by atoms with E-state index in [-0.39, 0.29) is 18.1 Å². The zero-order valence-electron chi connectivity index (χ0n) is 11.3. The van der Waals surface area contributed by atoms with Gasteiger partial charge in [0.2, 0.25) is 11.9 Å². The van der Waals surface area contributed by atoms with Gasteiger partial charge in [0.25, 0.3) is 0 Å². The van der Waals surface area contributed by atoms with Gasteiger partial charge in [-0.05, 0) is 37.8 Å². The number of anilines is 1. The third-order valence-electron chi connectivity index (χ3n) is 3.87. The van der Waals surface area contributed by atoms with E-state index >= 15 is 0 Å². The summed E-state index contributed by atoms with van der Waals surface area (Å²) in [6.45, 7) is 0. The van der Waals surface area contributed by atoms with Gasteiger partial charge in [0.05, 0.1) is 0 Å². The van der Waals surface area contributed by atoms with Crippen LogP contribution in [0.5, 0.6) is 0 Å². The van der Waals surface area contributed by atoms with Crippen molar-refractivity contribution in [2.24, 2.45) is 21.5 Å². The van der Waals surface area contributed by atoms with Crippen molar-refractivity contribution in [1.82, 2.24) is 0 Å². The van der Waals surface area contributed by atoms with Crippen LogP contribution in [-0.4, -0.2) is 17.6 Å². The summed E-state index contributed by atoms with van der Waals surface area (Å²) in [6, 6.07) is 10.1. The minimum Gasteiger partial charge on any atom is -0.369 e. The van der Waals surface area contributed by atoms with Gasteiger partial charge in [-0.2, -0.15) is 4.99 Å². The van der Waals surface area contributed by atoms with Crippen LogP contribution in [0, 0.1) is 0 Å². The van der Waals surface area contributed by atoms with E-state index in [9.17, 15) is 0 Å². The highest BCUT2D eigenvalue weighted by Gasteiger charge is 2.42. The van der Waals surface area contributed by atoms with Gasteiger partial charge >= 0.3 is 0 Å². The number of benzene rings is 1. The quantitative estimate of drug-likeness (QED) is 0.833. The van der Waals surface area contributed by atoms with Crippen LogP contribution in [0.15, 0.2) is 40.3 Å². The maximum Gasteiger partial charge on any atom is 0.220 e. The Morgan fingerprint density at radius 1 is 1.00 bits per heavy atom. The van der Waals surface area contributed by atoms with Crippen molar-refractivity contribution in [2.45, 2.75) is 37.8 Å². The summed E-state index contributed by atoms with van der Waals surface area (Å²) in [5.74, 6) is 0.743. The molecule has 6 heteroatoms. The number of nitrogens with two attached hydrogens (primary N) is 2. The Balaban J connectivity index is 0.00000147. The SMILES string of the molecule is Cl.NC1=NC2(CCCCC2)N(c2ccccc2)C(N)=N1. The molecule has 0 bridgehead atoms. The molecule has 1 aliphatic heterocycles. The van der Waals surface area contributed by atoms with Crippen molar-refractivity contribution in [3.8, 4) is 0 Å². The monoisotopic (exact) mass is 293 g/mol. The first-order valence-corrected chi connectivity index (χ1v) is 6.76. The summed E-state index contributed by atoms with van der Waals surface area (Å²) < 4.78 is 0. The molecule has 3 rings (SSSR count). The summed E-state index contributed by atoms with van der Waals surface area (Å²) in [5.41, 5.74) is 12.6. The van der Waals surface area contributed by atoms with Crippen molar-refractivity contribution < 1.29 is 0 Å². The summed E-state index contributed by atoms with van der Waals surface area (Å²) in [4.78, 5) is 10.8. The van der Waals surface area contributed by atoms with Crippen LogP contribution in [0.2, 0.25) is 0 Å². The molecule has 1 saturated carbocycles. The summed E-state index contributed by atoms with van der Waals surface area (Å²) >= 11 is 0. The third kappa shape index (κ3) is 2.45. The number of halogens is 1. The van der Waals surface area contributed by atoms with E-state index in [0.717, 1.165) is 31.4 Å². The Bertz CT molecular complexity index is 520. The average Bonchev–Trinajstić information content (AvgIpc) is 2.39. The molecule has 1 aromatic rings. The fourth-order valence-electron chi connectivity index (χ4n) is 3.07. The predicted molar refractivity (Wildman–Crippen MR) is 85.2 cm³/mol. The second-order valence-corrected chi connectivity index (χ2v) is 5.15. The highest BCUT2D eigenvalue weighted by atomic mass is 35.5. The maximum absolute atomic E-state index is 6.12. The van der Waals surface area contributed by atoms with Crippen LogP contribution < -0.4 is 16.4 Å². The normalized spacial score (nSPS) is 20.9. The van der Waals surface area contributed by atoms with Crippen LogP contribution in [0.1, 0.15) is 32.1 Å². The van der Waals surface area contributed by atoms with Crippen LogP contribution in [0.3, 0.4) is 0 Å². The molecule has 1 aromatic carbocycles. The van der Waals surface area contributed by atoms with Gasteiger partial charge in [-0.25, -0.2) is 4.99 Å². The van der Waals surface area contributed by atoms with E-state index in [1.807, 2.05) is 35.2 Å². The first kappa shape index (κ1) is 14.7. The zero-order valence-corrected chi connectivity index (χ0v) is 12.1. The smallest absolute Gasteiger partial charge is 0.220 e. The lowest BCUT2D eigenvalue weighted by molar-refractivity contribution is 0.305. The van der Waals surface area contributed by atoms with Crippen molar-refractivity contribution in [3.63, 3.8) is 0 Å². The second-order valence-electron chi connectivity index (χ2n) is 5.15. The number of hydrogen-bond donors (Lipinski definition) is 2. The highest BCUT2D eigenvalue weighted by molar-refractivity contribution is 6.05. The molecule has 0 amide bonds. The van der Waals surface area contributed by atoms with Crippen LogP contribution >= 0.6 is 12.4 Å². The number of para-hydroxylation sites is 1. The summed E-state index contributed by atoms with van der Waals surface area (Å²) in [5, 5.41) is 0. The fraction of sp³-hybridized carbons (Fsp3) is 0.429. The minimum atomic E-state index is -0.338. The van der Waals surface area contributed by atoms with Crippen molar-refractivity contribution >= 4 is 30.0 Å². The Hall–Kier alpha value is -1.75. The fourth-order valence-corrected chi connectivity index (χ4v) is 3.07. The van der Waals surface area contributed by atoms with Crippen LogP contribution in [0.4, 0.5) is 5.69 Å². The lowest BCUT2D eigenvalue weighted by Crippen LogP contribution is -2.58. The molecule has 1 fully saturated rings. The Morgan fingerprint density at radius 3 is 2.30 bits per heavy atom. The van der Waals surface area contributed by atoms with E-state index in [1.54, 1.807) is 0 Å². The van der Waals surface area contributed by atoms with E-state index in [2.05, 4.69) is 9.98 Å². The number of guanidine groups is 2. The molecule has 0 saturated heterocycles. The topological polar surface area (TPSA) is 80.0 Å². The Morgan fingerprint density at radius 2 is 1.65 bits per heavy atom. The van der Waals surface area contributed by atoms with Gasteiger partial charge in [-0.15, -0.1) is 12.4 Å². The van der Waals surface area contributed by atoms with E-state index in [4.69, 9.17) is 11.5 Å². The lowest BCUT2D eigenvalue weighted by Gasteiger charge is -2.45. The summed E-state index contributed by atoms with van der Waals surface area (Å²) in [7, 11) is 0. The minimum absolute atomic E-state index is 0. The second kappa shape index (κ2) is 5.71. The molecule has 0 aromatic heterocycles. The molecular weight excluding hydrogens is 274 g/mol. The first-order valence-electron chi connectivity index (χ1n) is 6.76. The Kier molecular flexibility index (Phi) is 4.18. The van der Waals surface area contributed by atoms with Crippen LogP contribution in [0.25, 0.3) is 0 Å².